The molecule has 0 aromatic heterocycles. The van der Waals surface area contributed by atoms with Crippen LogP contribution in [0.15, 0.2) is 0 Å². The molecular weight excluding hydrogens is 228 g/mol. The molecule has 18 heavy (non-hydrogen) atoms. The van der Waals surface area contributed by atoms with Gasteiger partial charge in [0, 0.05) is 13.0 Å². The van der Waals surface area contributed by atoms with Gasteiger partial charge in [-0.3, -0.25) is 4.79 Å². The second kappa shape index (κ2) is 8.48. The van der Waals surface area contributed by atoms with E-state index in [-0.39, 0.29) is 6.10 Å². The van der Waals surface area contributed by atoms with Crippen molar-refractivity contribution in [3.05, 3.63) is 0 Å². The van der Waals surface area contributed by atoms with Crippen molar-refractivity contribution in [1.29, 1.82) is 0 Å². The Bertz CT molecular complexity index is 244. The number of likely N-dealkylation sites (tertiary alicyclic amines) is 1. The number of carbonyl (C=O) groups excluding carboxylic acids is 1. The molecule has 0 radical (unpaired) electrons. The van der Waals surface area contributed by atoms with E-state index in [9.17, 15) is 4.79 Å². The van der Waals surface area contributed by atoms with E-state index in [4.69, 9.17) is 10.5 Å². The molecule has 0 unspecified atom stereocenters. The number of hydrogen-bond acceptors (Lipinski definition) is 3. The summed E-state index contributed by atoms with van der Waals surface area (Å²) in [5, 5.41) is 0. The van der Waals surface area contributed by atoms with E-state index in [1.165, 1.54) is 0 Å². The molecule has 0 aliphatic carbocycles. The number of ether oxygens (including phenoxy) is 1. The number of amides is 1. The Balaban J connectivity index is 2.27. The minimum Gasteiger partial charge on any atom is -0.377 e. The van der Waals surface area contributed by atoms with E-state index in [0.29, 0.717) is 25.0 Å². The minimum atomic E-state index is 0.243. The monoisotopic (exact) mass is 256 g/mol. The van der Waals surface area contributed by atoms with Crippen LogP contribution in [0.2, 0.25) is 0 Å². The van der Waals surface area contributed by atoms with Crippen LogP contribution in [0.1, 0.15) is 52.4 Å². The smallest absolute Gasteiger partial charge is 0.222 e. The first-order valence-electron chi connectivity index (χ1n) is 7.26. The summed E-state index contributed by atoms with van der Waals surface area (Å²) >= 11 is 0. The van der Waals surface area contributed by atoms with Crippen molar-refractivity contribution >= 4 is 5.91 Å². The fourth-order valence-corrected chi connectivity index (χ4v) is 2.38. The lowest BCUT2D eigenvalue weighted by Gasteiger charge is -2.25. The highest BCUT2D eigenvalue weighted by Gasteiger charge is 2.28. The molecule has 0 aromatic rings. The topological polar surface area (TPSA) is 55.6 Å². The zero-order chi connectivity index (χ0) is 13.4. The van der Waals surface area contributed by atoms with Gasteiger partial charge < -0.3 is 15.4 Å². The maximum Gasteiger partial charge on any atom is 0.222 e. The summed E-state index contributed by atoms with van der Waals surface area (Å²) in [6.45, 7) is 6.39. The van der Waals surface area contributed by atoms with E-state index in [1.54, 1.807) is 0 Å². The highest BCUT2D eigenvalue weighted by atomic mass is 16.5. The van der Waals surface area contributed by atoms with Gasteiger partial charge in [-0.25, -0.2) is 0 Å². The summed E-state index contributed by atoms with van der Waals surface area (Å²) in [6.07, 6.45) is 6.15. The van der Waals surface area contributed by atoms with Gasteiger partial charge in [-0.05, 0) is 46.1 Å². The summed E-state index contributed by atoms with van der Waals surface area (Å²) in [5.74, 6) is 0.293. The molecule has 1 fully saturated rings. The third kappa shape index (κ3) is 5.36. The van der Waals surface area contributed by atoms with Gasteiger partial charge in [0.15, 0.2) is 0 Å². The van der Waals surface area contributed by atoms with Crippen molar-refractivity contribution in [3.8, 4) is 0 Å². The second-order valence-electron chi connectivity index (χ2n) is 5.36. The van der Waals surface area contributed by atoms with Crippen LogP contribution in [0.3, 0.4) is 0 Å². The van der Waals surface area contributed by atoms with Crippen LogP contribution >= 0.6 is 0 Å². The molecule has 0 spiro atoms. The van der Waals surface area contributed by atoms with Gasteiger partial charge in [-0.15, -0.1) is 0 Å². The van der Waals surface area contributed by atoms with Gasteiger partial charge >= 0.3 is 0 Å². The molecule has 1 aliphatic heterocycles. The average molecular weight is 256 g/mol. The molecule has 4 heteroatoms. The quantitative estimate of drug-likeness (QED) is 0.675. The Morgan fingerprint density at radius 1 is 1.39 bits per heavy atom. The molecule has 106 valence electrons. The summed E-state index contributed by atoms with van der Waals surface area (Å²) in [4.78, 5) is 14.1. The Hall–Kier alpha value is -0.610. The summed E-state index contributed by atoms with van der Waals surface area (Å²) in [6, 6.07) is 0.300. The molecule has 0 bridgehead atoms. The molecule has 1 amide bonds. The van der Waals surface area contributed by atoms with Crippen LogP contribution in [0.25, 0.3) is 0 Å². The normalized spacial score (nSPS) is 19.8. The van der Waals surface area contributed by atoms with Gasteiger partial charge in [0.25, 0.3) is 0 Å². The van der Waals surface area contributed by atoms with Gasteiger partial charge in [0.05, 0.1) is 18.8 Å². The third-order valence-corrected chi connectivity index (χ3v) is 3.41. The zero-order valence-corrected chi connectivity index (χ0v) is 11.9. The fourth-order valence-electron chi connectivity index (χ4n) is 2.38. The van der Waals surface area contributed by atoms with Crippen LogP contribution in [0.4, 0.5) is 0 Å². The summed E-state index contributed by atoms with van der Waals surface area (Å²) < 4.78 is 5.64. The van der Waals surface area contributed by atoms with Crippen molar-refractivity contribution in [3.63, 3.8) is 0 Å². The molecule has 0 aromatic carbocycles. The van der Waals surface area contributed by atoms with E-state index < -0.39 is 0 Å². The summed E-state index contributed by atoms with van der Waals surface area (Å²) in [5.41, 5.74) is 5.45. The predicted molar refractivity (Wildman–Crippen MR) is 73.3 cm³/mol. The van der Waals surface area contributed by atoms with E-state index >= 15 is 0 Å². The average Bonchev–Trinajstić information content (AvgIpc) is 2.80. The molecule has 1 heterocycles. The van der Waals surface area contributed by atoms with Gasteiger partial charge in [-0.2, -0.15) is 0 Å². The lowest BCUT2D eigenvalue weighted by atomic mass is 10.1. The number of unbranched alkanes of at least 4 members (excludes halogenated alkanes) is 2. The van der Waals surface area contributed by atoms with Crippen LogP contribution in [-0.2, 0) is 9.53 Å². The second-order valence-corrected chi connectivity index (χ2v) is 5.36. The molecule has 2 N–H and O–H groups in total. The Kier molecular flexibility index (Phi) is 7.28. The van der Waals surface area contributed by atoms with E-state index in [1.807, 2.05) is 18.7 Å². The minimum absolute atomic E-state index is 0.243. The van der Waals surface area contributed by atoms with Crippen molar-refractivity contribution in [2.75, 3.05) is 19.7 Å². The largest absolute Gasteiger partial charge is 0.377 e. The maximum absolute atomic E-state index is 12.1. The highest BCUT2D eigenvalue weighted by molar-refractivity contribution is 5.76. The van der Waals surface area contributed by atoms with Crippen LogP contribution in [0.5, 0.6) is 0 Å². The lowest BCUT2D eigenvalue weighted by molar-refractivity contribution is -0.133. The molecule has 1 atom stereocenters. The SMILES string of the molecule is CC(C)OC[C@@H]1CCCN1C(=O)CCCCCN. The Morgan fingerprint density at radius 3 is 2.83 bits per heavy atom. The number of rotatable bonds is 8. The zero-order valence-electron chi connectivity index (χ0n) is 11.9. The Labute approximate surface area is 111 Å². The van der Waals surface area contributed by atoms with Crippen LogP contribution < -0.4 is 5.73 Å². The van der Waals surface area contributed by atoms with E-state index in [2.05, 4.69) is 0 Å². The van der Waals surface area contributed by atoms with Crippen molar-refractivity contribution in [1.82, 2.24) is 4.90 Å². The predicted octanol–water partition coefficient (Wildman–Crippen LogP) is 1.92. The molecule has 4 nitrogen and oxygen atoms in total. The van der Waals surface area contributed by atoms with Crippen molar-refractivity contribution < 1.29 is 9.53 Å². The lowest BCUT2D eigenvalue weighted by Crippen LogP contribution is -2.38. The standard InChI is InChI=1S/C14H28N2O2/c1-12(2)18-11-13-7-6-10-16(13)14(17)8-4-3-5-9-15/h12-13H,3-11,15H2,1-2H3/t13-/m0/s1. The third-order valence-electron chi connectivity index (χ3n) is 3.41. The van der Waals surface area contributed by atoms with E-state index in [0.717, 1.165) is 45.2 Å². The van der Waals surface area contributed by atoms with Crippen molar-refractivity contribution in [2.45, 2.75) is 64.5 Å². The maximum atomic E-state index is 12.1. The fraction of sp³-hybridized carbons (Fsp3) is 0.929. The number of carbonyl (C=O) groups is 1. The number of nitrogens with zero attached hydrogens (tertiary/aromatic N) is 1. The molecule has 1 aliphatic rings. The first kappa shape index (κ1) is 15.4. The molecule has 1 rings (SSSR count). The number of nitrogens with two attached hydrogens (primary N) is 1. The highest BCUT2D eigenvalue weighted by Crippen LogP contribution is 2.19. The molecule has 1 saturated heterocycles. The van der Waals surface area contributed by atoms with Gasteiger partial charge in [-0.1, -0.05) is 6.42 Å². The Morgan fingerprint density at radius 2 is 2.17 bits per heavy atom. The first-order chi connectivity index (χ1) is 8.65. The molecule has 0 saturated carbocycles. The van der Waals surface area contributed by atoms with Gasteiger partial charge in [0.2, 0.25) is 5.91 Å². The first-order valence-corrected chi connectivity index (χ1v) is 7.26. The molecular formula is C14H28N2O2. The van der Waals surface area contributed by atoms with Crippen molar-refractivity contribution in [2.24, 2.45) is 5.73 Å². The number of hydrogen-bond donors (Lipinski definition) is 1. The van der Waals surface area contributed by atoms with Crippen LogP contribution in [0, 0.1) is 0 Å². The summed E-state index contributed by atoms with van der Waals surface area (Å²) in [7, 11) is 0. The van der Waals surface area contributed by atoms with Crippen LogP contribution in [-0.4, -0.2) is 42.6 Å². The van der Waals surface area contributed by atoms with Gasteiger partial charge in [0.1, 0.15) is 0 Å².